The van der Waals surface area contributed by atoms with Crippen LogP contribution in [0, 0.1) is 0 Å². The zero-order valence-electron chi connectivity index (χ0n) is 9.09. The summed E-state index contributed by atoms with van der Waals surface area (Å²) in [6.45, 7) is 3.68. The first-order valence-electron chi connectivity index (χ1n) is 4.91. The standard InChI is InChI=1S/C11H17BrN2O/c1-8(15-2)6-14-7-9-3-4-10(12)11(13)5-9/h3-5,8,14H,6-7,13H2,1-2H3. The molecule has 0 bridgehead atoms. The van der Waals surface area contributed by atoms with E-state index in [1.165, 1.54) is 5.56 Å². The fourth-order valence-electron chi connectivity index (χ4n) is 1.21. The number of hydrogen-bond acceptors (Lipinski definition) is 3. The first-order valence-corrected chi connectivity index (χ1v) is 5.70. The van der Waals surface area contributed by atoms with Gasteiger partial charge in [0.25, 0.3) is 0 Å². The number of methoxy groups -OCH3 is 1. The molecule has 0 aliphatic carbocycles. The molecule has 1 aromatic rings. The normalized spacial score (nSPS) is 12.7. The van der Waals surface area contributed by atoms with E-state index >= 15 is 0 Å². The van der Waals surface area contributed by atoms with Gasteiger partial charge in [0.05, 0.1) is 6.10 Å². The molecule has 3 N–H and O–H groups in total. The van der Waals surface area contributed by atoms with Gasteiger partial charge >= 0.3 is 0 Å². The van der Waals surface area contributed by atoms with Crippen LogP contribution in [0.25, 0.3) is 0 Å². The highest BCUT2D eigenvalue weighted by atomic mass is 79.9. The van der Waals surface area contributed by atoms with Gasteiger partial charge in [0.15, 0.2) is 0 Å². The second kappa shape index (κ2) is 6.10. The quantitative estimate of drug-likeness (QED) is 0.808. The Bertz CT molecular complexity index is 317. The number of anilines is 1. The Hall–Kier alpha value is -0.580. The fraction of sp³-hybridized carbons (Fsp3) is 0.455. The SMILES string of the molecule is COC(C)CNCc1ccc(Br)c(N)c1. The van der Waals surface area contributed by atoms with E-state index in [9.17, 15) is 0 Å². The molecule has 0 amide bonds. The number of ether oxygens (including phenoxy) is 1. The van der Waals surface area contributed by atoms with Gasteiger partial charge in [-0.05, 0) is 40.5 Å². The number of hydrogen-bond donors (Lipinski definition) is 2. The van der Waals surface area contributed by atoms with Gasteiger partial charge in [0, 0.05) is 30.4 Å². The first-order chi connectivity index (χ1) is 7.13. The molecular formula is C11H17BrN2O. The lowest BCUT2D eigenvalue weighted by Gasteiger charge is -2.11. The predicted molar refractivity (Wildman–Crippen MR) is 66.7 cm³/mol. The molecule has 1 rings (SSSR count). The zero-order chi connectivity index (χ0) is 11.3. The zero-order valence-corrected chi connectivity index (χ0v) is 10.7. The fourth-order valence-corrected chi connectivity index (χ4v) is 1.45. The van der Waals surface area contributed by atoms with Crippen LogP contribution in [0.15, 0.2) is 22.7 Å². The third-order valence-corrected chi connectivity index (χ3v) is 2.95. The lowest BCUT2D eigenvalue weighted by Crippen LogP contribution is -2.25. The van der Waals surface area contributed by atoms with Gasteiger partial charge < -0.3 is 15.8 Å². The number of halogens is 1. The minimum absolute atomic E-state index is 0.234. The molecule has 84 valence electrons. The van der Waals surface area contributed by atoms with Crippen molar-refractivity contribution in [1.82, 2.24) is 5.32 Å². The van der Waals surface area contributed by atoms with Crippen LogP contribution in [0.2, 0.25) is 0 Å². The average molecular weight is 273 g/mol. The summed E-state index contributed by atoms with van der Waals surface area (Å²) in [7, 11) is 1.71. The molecule has 0 aliphatic heterocycles. The molecule has 1 unspecified atom stereocenters. The highest BCUT2D eigenvalue weighted by molar-refractivity contribution is 9.10. The maximum Gasteiger partial charge on any atom is 0.0667 e. The lowest BCUT2D eigenvalue weighted by atomic mass is 10.2. The van der Waals surface area contributed by atoms with Crippen LogP contribution in [0.1, 0.15) is 12.5 Å². The highest BCUT2D eigenvalue weighted by Crippen LogP contribution is 2.19. The van der Waals surface area contributed by atoms with Crippen molar-refractivity contribution < 1.29 is 4.74 Å². The summed E-state index contributed by atoms with van der Waals surface area (Å²) in [5, 5.41) is 3.30. The molecule has 0 saturated carbocycles. The molecule has 0 radical (unpaired) electrons. The maximum absolute atomic E-state index is 5.78. The molecule has 3 nitrogen and oxygen atoms in total. The van der Waals surface area contributed by atoms with Gasteiger partial charge in [-0.25, -0.2) is 0 Å². The Kier molecular flexibility index (Phi) is 5.08. The Labute approximate surface area is 99.1 Å². The third kappa shape index (κ3) is 4.20. The van der Waals surface area contributed by atoms with Crippen LogP contribution in [0.4, 0.5) is 5.69 Å². The number of nitrogens with two attached hydrogens (primary N) is 1. The van der Waals surface area contributed by atoms with Crippen molar-refractivity contribution in [2.45, 2.75) is 19.6 Å². The summed E-state index contributed by atoms with van der Waals surface area (Å²) in [5.74, 6) is 0. The summed E-state index contributed by atoms with van der Waals surface area (Å²) in [6.07, 6.45) is 0.234. The topological polar surface area (TPSA) is 47.3 Å². The van der Waals surface area contributed by atoms with E-state index in [2.05, 4.69) is 21.2 Å². The van der Waals surface area contributed by atoms with Crippen molar-refractivity contribution in [2.24, 2.45) is 0 Å². The van der Waals surface area contributed by atoms with Crippen molar-refractivity contribution >= 4 is 21.6 Å². The van der Waals surface area contributed by atoms with Crippen molar-refractivity contribution in [3.8, 4) is 0 Å². The van der Waals surface area contributed by atoms with Crippen LogP contribution in [-0.2, 0) is 11.3 Å². The number of rotatable bonds is 5. The van der Waals surface area contributed by atoms with E-state index in [-0.39, 0.29) is 6.10 Å². The largest absolute Gasteiger partial charge is 0.398 e. The molecule has 0 aliphatic rings. The molecule has 1 aromatic carbocycles. The van der Waals surface area contributed by atoms with Crippen LogP contribution in [0.3, 0.4) is 0 Å². The third-order valence-electron chi connectivity index (χ3n) is 2.22. The Balaban J connectivity index is 2.41. The van der Waals surface area contributed by atoms with Crippen molar-refractivity contribution in [1.29, 1.82) is 0 Å². The van der Waals surface area contributed by atoms with Crippen LogP contribution in [-0.4, -0.2) is 19.8 Å². The predicted octanol–water partition coefficient (Wildman–Crippen LogP) is 2.16. The average Bonchev–Trinajstić information content (AvgIpc) is 2.23. The Morgan fingerprint density at radius 3 is 2.87 bits per heavy atom. The molecule has 0 fully saturated rings. The molecule has 0 aromatic heterocycles. The number of nitrogen functional groups attached to an aromatic ring is 1. The van der Waals surface area contributed by atoms with Crippen molar-refractivity contribution in [3.05, 3.63) is 28.2 Å². The van der Waals surface area contributed by atoms with E-state index in [0.717, 1.165) is 23.2 Å². The monoisotopic (exact) mass is 272 g/mol. The molecule has 15 heavy (non-hydrogen) atoms. The van der Waals surface area contributed by atoms with Crippen LogP contribution < -0.4 is 11.1 Å². The van der Waals surface area contributed by atoms with E-state index in [0.29, 0.717) is 0 Å². The second-order valence-electron chi connectivity index (χ2n) is 3.53. The van der Waals surface area contributed by atoms with E-state index in [4.69, 9.17) is 10.5 Å². The highest BCUT2D eigenvalue weighted by Gasteiger charge is 2.00. The smallest absolute Gasteiger partial charge is 0.0667 e. The molecule has 0 heterocycles. The van der Waals surface area contributed by atoms with E-state index in [1.807, 2.05) is 25.1 Å². The van der Waals surface area contributed by atoms with Crippen molar-refractivity contribution in [3.63, 3.8) is 0 Å². The first kappa shape index (κ1) is 12.5. The summed E-state index contributed by atoms with van der Waals surface area (Å²) in [5.41, 5.74) is 7.73. The molecule has 4 heteroatoms. The van der Waals surface area contributed by atoms with Gasteiger partial charge in [-0.2, -0.15) is 0 Å². The second-order valence-corrected chi connectivity index (χ2v) is 4.39. The van der Waals surface area contributed by atoms with Gasteiger partial charge in [-0.15, -0.1) is 0 Å². The van der Waals surface area contributed by atoms with E-state index in [1.54, 1.807) is 7.11 Å². The van der Waals surface area contributed by atoms with Crippen LogP contribution >= 0.6 is 15.9 Å². The molecule has 0 spiro atoms. The number of nitrogens with one attached hydrogen (secondary N) is 1. The van der Waals surface area contributed by atoms with Gasteiger partial charge in [0.2, 0.25) is 0 Å². The summed E-state index contributed by atoms with van der Waals surface area (Å²) in [4.78, 5) is 0. The summed E-state index contributed by atoms with van der Waals surface area (Å²) in [6, 6.07) is 5.98. The molecular weight excluding hydrogens is 256 g/mol. The van der Waals surface area contributed by atoms with Gasteiger partial charge in [-0.3, -0.25) is 0 Å². The maximum atomic E-state index is 5.78. The molecule has 1 atom stereocenters. The van der Waals surface area contributed by atoms with Crippen LogP contribution in [0.5, 0.6) is 0 Å². The van der Waals surface area contributed by atoms with Gasteiger partial charge in [0.1, 0.15) is 0 Å². The lowest BCUT2D eigenvalue weighted by molar-refractivity contribution is 0.117. The number of benzene rings is 1. The summed E-state index contributed by atoms with van der Waals surface area (Å²) < 4.78 is 6.08. The van der Waals surface area contributed by atoms with E-state index < -0.39 is 0 Å². The van der Waals surface area contributed by atoms with Gasteiger partial charge in [-0.1, -0.05) is 6.07 Å². The minimum Gasteiger partial charge on any atom is -0.398 e. The Morgan fingerprint density at radius 1 is 1.53 bits per heavy atom. The minimum atomic E-state index is 0.234. The summed E-state index contributed by atoms with van der Waals surface area (Å²) >= 11 is 3.37. The Morgan fingerprint density at radius 2 is 2.27 bits per heavy atom. The van der Waals surface area contributed by atoms with Crippen molar-refractivity contribution in [2.75, 3.05) is 19.4 Å². The molecule has 0 saturated heterocycles.